The molecule has 1 aromatic rings. The summed E-state index contributed by atoms with van der Waals surface area (Å²) >= 11 is 0. The molecule has 0 saturated carbocycles. The highest BCUT2D eigenvalue weighted by molar-refractivity contribution is 5.26. The van der Waals surface area contributed by atoms with E-state index >= 15 is 0 Å². The second kappa shape index (κ2) is 9.38. The van der Waals surface area contributed by atoms with E-state index in [0.29, 0.717) is 12.0 Å². The van der Waals surface area contributed by atoms with Gasteiger partial charge in [0.05, 0.1) is 11.6 Å². The van der Waals surface area contributed by atoms with Crippen molar-refractivity contribution in [2.24, 2.45) is 0 Å². The zero-order valence-electron chi connectivity index (χ0n) is 12.2. The van der Waals surface area contributed by atoms with Crippen molar-refractivity contribution in [1.82, 2.24) is 0 Å². The number of unbranched alkanes of at least 4 members (excludes halogenated alkanes) is 6. The number of alkyl halides is 3. The van der Waals surface area contributed by atoms with Crippen molar-refractivity contribution in [2.45, 2.75) is 64.0 Å². The first-order valence-electron chi connectivity index (χ1n) is 7.49. The number of aromatic amines is 1. The molecule has 0 bridgehead atoms. The Morgan fingerprint density at radius 3 is 2.24 bits per heavy atom. The zero-order valence-corrected chi connectivity index (χ0v) is 12.2. The molecule has 0 aromatic carbocycles. The first-order chi connectivity index (χ1) is 10.0. The highest BCUT2D eigenvalue weighted by Gasteiger charge is 2.25. The van der Waals surface area contributed by atoms with E-state index in [2.05, 4.69) is 11.1 Å². The molecule has 0 fully saturated rings. The van der Waals surface area contributed by atoms with Crippen LogP contribution in [0.15, 0.2) is 18.3 Å². The highest BCUT2D eigenvalue weighted by atomic mass is 19.4. The van der Waals surface area contributed by atoms with E-state index in [1.54, 1.807) is 12.3 Å². The number of nitrogens with zero attached hydrogens (tertiary/aromatic N) is 1. The van der Waals surface area contributed by atoms with Crippen LogP contribution >= 0.6 is 0 Å². The van der Waals surface area contributed by atoms with Gasteiger partial charge in [-0.1, -0.05) is 32.1 Å². The van der Waals surface area contributed by atoms with E-state index in [-0.39, 0.29) is 6.42 Å². The lowest BCUT2D eigenvalue weighted by Crippen LogP contribution is -2.10. The van der Waals surface area contributed by atoms with Gasteiger partial charge >= 0.3 is 6.18 Å². The molecular formula is C16H22F3N2+. The Hall–Kier alpha value is -1.57. The van der Waals surface area contributed by atoms with Gasteiger partial charge in [-0.25, -0.2) is 4.98 Å². The molecule has 0 aliphatic carbocycles. The van der Waals surface area contributed by atoms with Crippen LogP contribution in [0.25, 0.3) is 0 Å². The molecule has 1 heterocycles. The van der Waals surface area contributed by atoms with Crippen LogP contribution in [0.4, 0.5) is 13.2 Å². The molecule has 0 unspecified atom stereocenters. The standard InChI is InChI=1S/C16H21F3N2/c17-16(18,19)10-7-5-3-1-2-4-6-8-15-12-14(13-20)9-11-21-15/h9,11-12H,1-8,10H2/p+1. The molecule has 2 nitrogen and oxygen atoms in total. The third-order valence-electron chi connectivity index (χ3n) is 3.40. The van der Waals surface area contributed by atoms with E-state index in [9.17, 15) is 13.2 Å². The smallest absolute Gasteiger partial charge is 0.215 e. The number of nitriles is 1. The van der Waals surface area contributed by atoms with Gasteiger partial charge in [-0.2, -0.15) is 18.4 Å². The van der Waals surface area contributed by atoms with Gasteiger partial charge in [-0.05, 0) is 12.8 Å². The maximum atomic E-state index is 11.9. The lowest BCUT2D eigenvalue weighted by Gasteiger charge is -2.05. The quantitative estimate of drug-likeness (QED) is 0.614. The van der Waals surface area contributed by atoms with Crippen LogP contribution in [-0.4, -0.2) is 6.18 Å². The minimum absolute atomic E-state index is 0.249. The predicted octanol–water partition coefficient (Wildman–Crippen LogP) is 4.60. The summed E-state index contributed by atoms with van der Waals surface area (Å²) in [4.78, 5) is 3.12. The lowest BCUT2D eigenvalue weighted by atomic mass is 10.1. The summed E-state index contributed by atoms with van der Waals surface area (Å²) in [6.07, 6.45) is 3.98. The van der Waals surface area contributed by atoms with Crippen LogP contribution in [0.5, 0.6) is 0 Å². The number of aromatic nitrogens is 1. The van der Waals surface area contributed by atoms with Crippen molar-refractivity contribution in [3.05, 3.63) is 29.6 Å². The molecule has 1 N–H and O–H groups in total. The number of halogens is 3. The number of hydrogen-bond donors (Lipinski definition) is 0. The molecule has 0 spiro atoms. The molecule has 0 atom stereocenters. The summed E-state index contributed by atoms with van der Waals surface area (Å²) in [5.74, 6) is 0. The molecule has 116 valence electrons. The van der Waals surface area contributed by atoms with Gasteiger partial charge in [-0.3, -0.25) is 0 Å². The Balaban J connectivity index is 1.99. The number of rotatable bonds is 9. The van der Waals surface area contributed by atoms with Crippen molar-refractivity contribution in [2.75, 3.05) is 0 Å². The maximum Gasteiger partial charge on any atom is 0.389 e. The fourth-order valence-corrected chi connectivity index (χ4v) is 2.25. The van der Waals surface area contributed by atoms with Crippen molar-refractivity contribution in [3.8, 4) is 6.07 Å². The highest BCUT2D eigenvalue weighted by Crippen LogP contribution is 2.23. The second-order valence-electron chi connectivity index (χ2n) is 5.30. The molecular weight excluding hydrogens is 277 g/mol. The molecule has 5 heteroatoms. The predicted molar refractivity (Wildman–Crippen MR) is 74.4 cm³/mol. The first kappa shape index (κ1) is 17.5. The molecule has 0 radical (unpaired) electrons. The SMILES string of the molecule is N#Cc1cc[nH+]c(CCCCCCCCCC(F)(F)F)c1. The zero-order chi connectivity index (χ0) is 15.6. The third kappa shape index (κ3) is 9.06. The van der Waals surface area contributed by atoms with Crippen LogP contribution in [0.2, 0.25) is 0 Å². The third-order valence-corrected chi connectivity index (χ3v) is 3.40. The molecule has 0 amide bonds. The van der Waals surface area contributed by atoms with Crippen molar-refractivity contribution in [1.29, 1.82) is 5.26 Å². The Kier molecular flexibility index (Phi) is 7.81. The summed E-state index contributed by atoms with van der Waals surface area (Å²) in [7, 11) is 0. The Labute approximate surface area is 124 Å². The van der Waals surface area contributed by atoms with Gasteiger partial charge in [-0.15, -0.1) is 0 Å². The summed E-state index contributed by atoms with van der Waals surface area (Å²) in [6.45, 7) is 0. The van der Waals surface area contributed by atoms with Gasteiger partial charge in [0.2, 0.25) is 0 Å². The van der Waals surface area contributed by atoms with E-state index in [0.717, 1.165) is 44.2 Å². The van der Waals surface area contributed by atoms with Crippen LogP contribution in [0, 0.1) is 11.3 Å². The number of nitrogens with one attached hydrogen (secondary N) is 1. The van der Waals surface area contributed by atoms with Crippen LogP contribution in [-0.2, 0) is 6.42 Å². The van der Waals surface area contributed by atoms with Crippen molar-refractivity contribution < 1.29 is 18.2 Å². The Morgan fingerprint density at radius 2 is 1.62 bits per heavy atom. The lowest BCUT2D eigenvalue weighted by molar-refractivity contribution is -0.390. The fourth-order valence-electron chi connectivity index (χ4n) is 2.25. The summed E-state index contributed by atoms with van der Waals surface area (Å²) in [6, 6.07) is 5.71. The average Bonchev–Trinajstić information content (AvgIpc) is 2.44. The number of hydrogen-bond acceptors (Lipinski definition) is 1. The van der Waals surface area contributed by atoms with E-state index in [1.165, 1.54) is 0 Å². The maximum absolute atomic E-state index is 11.9. The van der Waals surface area contributed by atoms with E-state index in [1.807, 2.05) is 6.07 Å². The first-order valence-corrected chi connectivity index (χ1v) is 7.49. The molecule has 0 saturated heterocycles. The van der Waals surface area contributed by atoms with Crippen LogP contribution in [0.1, 0.15) is 62.6 Å². The molecule has 21 heavy (non-hydrogen) atoms. The summed E-state index contributed by atoms with van der Waals surface area (Å²) in [5, 5.41) is 8.79. The molecule has 1 aromatic heterocycles. The molecule has 0 aliphatic heterocycles. The van der Waals surface area contributed by atoms with E-state index in [4.69, 9.17) is 5.26 Å². The average molecular weight is 299 g/mol. The van der Waals surface area contributed by atoms with Crippen LogP contribution in [0.3, 0.4) is 0 Å². The minimum Gasteiger partial charge on any atom is -0.215 e. The topological polar surface area (TPSA) is 37.9 Å². The summed E-state index contributed by atoms with van der Waals surface area (Å²) in [5.41, 5.74) is 1.72. The molecule has 0 aliphatic rings. The van der Waals surface area contributed by atoms with Crippen molar-refractivity contribution >= 4 is 0 Å². The fraction of sp³-hybridized carbons (Fsp3) is 0.625. The minimum atomic E-state index is -4.01. The summed E-state index contributed by atoms with van der Waals surface area (Å²) < 4.78 is 35.8. The number of H-pyrrole nitrogens is 1. The Bertz CT molecular complexity index is 450. The normalized spacial score (nSPS) is 11.3. The van der Waals surface area contributed by atoms with Gasteiger partial charge < -0.3 is 0 Å². The monoisotopic (exact) mass is 299 g/mol. The number of pyridine rings is 1. The van der Waals surface area contributed by atoms with Gasteiger partial charge in [0.1, 0.15) is 0 Å². The second-order valence-corrected chi connectivity index (χ2v) is 5.30. The van der Waals surface area contributed by atoms with Crippen LogP contribution < -0.4 is 4.98 Å². The largest absolute Gasteiger partial charge is 0.389 e. The van der Waals surface area contributed by atoms with Crippen molar-refractivity contribution in [3.63, 3.8) is 0 Å². The molecule has 1 rings (SSSR count). The van der Waals surface area contributed by atoms with Gasteiger partial charge in [0.25, 0.3) is 0 Å². The van der Waals surface area contributed by atoms with Gasteiger partial charge in [0.15, 0.2) is 11.9 Å². The number of aryl methyl sites for hydroxylation is 1. The van der Waals surface area contributed by atoms with Gasteiger partial charge in [0, 0.05) is 25.0 Å². The van der Waals surface area contributed by atoms with E-state index < -0.39 is 12.6 Å². The Morgan fingerprint density at radius 1 is 1.00 bits per heavy atom.